The molecule has 1 fully saturated rings. The number of benzene rings is 1. The van der Waals surface area contributed by atoms with Crippen LogP contribution in [0.4, 0.5) is 10.5 Å². The smallest absolute Gasteiger partial charge is 0.319 e. The molecule has 5 nitrogen and oxygen atoms in total. The molecule has 1 aliphatic carbocycles. The van der Waals surface area contributed by atoms with Gasteiger partial charge >= 0.3 is 6.03 Å². The molecule has 0 aliphatic heterocycles. The van der Waals surface area contributed by atoms with Crippen molar-refractivity contribution in [2.75, 3.05) is 5.32 Å². The van der Waals surface area contributed by atoms with Crippen LogP contribution in [0.3, 0.4) is 0 Å². The van der Waals surface area contributed by atoms with Crippen molar-refractivity contribution in [2.45, 2.75) is 52.1 Å². The number of aryl methyl sites for hydroxylation is 1. The van der Waals surface area contributed by atoms with Crippen LogP contribution in [-0.4, -0.2) is 24.0 Å². The maximum absolute atomic E-state index is 12.0. The zero-order valence-corrected chi connectivity index (χ0v) is 12.8. The number of amides is 3. The first kappa shape index (κ1) is 15.4. The van der Waals surface area contributed by atoms with Gasteiger partial charge in [-0.1, -0.05) is 6.92 Å². The van der Waals surface area contributed by atoms with E-state index in [9.17, 15) is 9.59 Å². The molecule has 114 valence electrons. The normalized spacial score (nSPS) is 15.2. The van der Waals surface area contributed by atoms with Crippen molar-refractivity contribution in [3.8, 4) is 0 Å². The van der Waals surface area contributed by atoms with Crippen molar-refractivity contribution in [1.29, 1.82) is 0 Å². The Balaban J connectivity index is 1.99. The summed E-state index contributed by atoms with van der Waals surface area (Å²) in [5.74, 6) is -0.0820. The van der Waals surface area contributed by atoms with Crippen LogP contribution in [0.2, 0.25) is 0 Å². The van der Waals surface area contributed by atoms with Crippen LogP contribution in [-0.2, 0) is 0 Å². The molecule has 0 aromatic heterocycles. The quantitative estimate of drug-likeness (QED) is 0.780. The summed E-state index contributed by atoms with van der Waals surface area (Å²) in [7, 11) is 0. The Bertz CT molecular complexity index is 538. The number of urea groups is 1. The van der Waals surface area contributed by atoms with Gasteiger partial charge in [-0.15, -0.1) is 0 Å². The van der Waals surface area contributed by atoms with Crippen LogP contribution in [0.5, 0.6) is 0 Å². The molecule has 0 bridgehead atoms. The molecule has 1 aliphatic rings. The number of hydrogen-bond acceptors (Lipinski definition) is 2. The average molecular weight is 289 g/mol. The fourth-order valence-electron chi connectivity index (χ4n) is 1.93. The Kier molecular flexibility index (Phi) is 4.83. The van der Waals surface area contributed by atoms with Gasteiger partial charge in [0.2, 0.25) is 0 Å². The molecule has 21 heavy (non-hydrogen) atoms. The van der Waals surface area contributed by atoms with Crippen LogP contribution >= 0.6 is 0 Å². The summed E-state index contributed by atoms with van der Waals surface area (Å²) in [6, 6.07) is 5.60. The molecule has 5 heteroatoms. The second-order valence-corrected chi connectivity index (χ2v) is 5.69. The number of carbonyl (C=O) groups is 2. The lowest BCUT2D eigenvalue weighted by Gasteiger charge is -2.13. The van der Waals surface area contributed by atoms with E-state index in [0.29, 0.717) is 11.6 Å². The molecule has 1 aromatic rings. The Morgan fingerprint density at radius 3 is 2.62 bits per heavy atom. The van der Waals surface area contributed by atoms with Crippen molar-refractivity contribution in [1.82, 2.24) is 10.6 Å². The minimum atomic E-state index is -0.183. The molecule has 1 atom stereocenters. The highest BCUT2D eigenvalue weighted by molar-refractivity contribution is 5.96. The van der Waals surface area contributed by atoms with Gasteiger partial charge in [-0.2, -0.15) is 0 Å². The molecular formula is C16H23N3O2. The molecule has 1 saturated carbocycles. The number of carbonyl (C=O) groups excluding carboxylic acids is 2. The molecule has 0 saturated heterocycles. The number of hydrogen-bond donors (Lipinski definition) is 3. The van der Waals surface area contributed by atoms with Gasteiger partial charge in [0.25, 0.3) is 5.91 Å². The first-order chi connectivity index (χ1) is 9.99. The maximum atomic E-state index is 12.0. The Morgan fingerprint density at radius 2 is 2.05 bits per heavy atom. The largest absolute Gasteiger partial charge is 0.350 e. The van der Waals surface area contributed by atoms with Gasteiger partial charge in [-0.3, -0.25) is 4.79 Å². The van der Waals surface area contributed by atoms with Crippen molar-refractivity contribution < 1.29 is 9.59 Å². The first-order valence-electron chi connectivity index (χ1n) is 7.48. The third-order valence-corrected chi connectivity index (χ3v) is 3.64. The fraction of sp³-hybridized carbons (Fsp3) is 0.500. The van der Waals surface area contributed by atoms with Gasteiger partial charge in [-0.05, 0) is 56.9 Å². The van der Waals surface area contributed by atoms with Gasteiger partial charge in [0.1, 0.15) is 0 Å². The molecule has 0 heterocycles. The number of anilines is 1. The third kappa shape index (κ3) is 4.48. The molecule has 3 N–H and O–H groups in total. The molecule has 0 radical (unpaired) electrons. The molecule has 2 rings (SSSR count). The van der Waals surface area contributed by atoms with E-state index in [1.165, 1.54) is 0 Å². The van der Waals surface area contributed by atoms with Crippen LogP contribution < -0.4 is 16.0 Å². The minimum absolute atomic E-state index is 0.0820. The number of nitrogens with one attached hydrogen (secondary N) is 3. The Hall–Kier alpha value is -2.04. The SMILES string of the molecule is CC[C@H](C)NC(=O)c1ccc(NC(=O)NC2CC2)c(C)c1. The Morgan fingerprint density at radius 1 is 1.33 bits per heavy atom. The summed E-state index contributed by atoms with van der Waals surface area (Å²) >= 11 is 0. The fourth-order valence-corrected chi connectivity index (χ4v) is 1.93. The van der Waals surface area contributed by atoms with E-state index < -0.39 is 0 Å². The van der Waals surface area contributed by atoms with Gasteiger partial charge < -0.3 is 16.0 Å². The standard InChI is InChI=1S/C16H23N3O2/c1-4-11(3)17-15(20)12-5-8-14(10(2)9-12)19-16(21)18-13-6-7-13/h5,8-9,11,13H,4,6-7H2,1-3H3,(H,17,20)(H2,18,19,21)/t11-/m0/s1. The van der Waals surface area contributed by atoms with Crippen molar-refractivity contribution >= 4 is 17.6 Å². The lowest BCUT2D eigenvalue weighted by molar-refractivity contribution is 0.0939. The predicted octanol–water partition coefficient (Wildman–Crippen LogP) is 2.81. The molecule has 3 amide bonds. The maximum Gasteiger partial charge on any atom is 0.319 e. The van der Waals surface area contributed by atoms with Crippen molar-refractivity contribution in [2.24, 2.45) is 0 Å². The van der Waals surface area contributed by atoms with Crippen LogP contribution in [0.15, 0.2) is 18.2 Å². The highest BCUT2D eigenvalue weighted by atomic mass is 16.2. The van der Waals surface area contributed by atoms with Gasteiger partial charge in [0.15, 0.2) is 0 Å². The van der Waals surface area contributed by atoms with Gasteiger partial charge in [-0.25, -0.2) is 4.79 Å². The summed E-state index contributed by atoms with van der Waals surface area (Å²) in [5, 5.41) is 8.62. The number of rotatable bonds is 5. The zero-order chi connectivity index (χ0) is 15.4. The summed E-state index contributed by atoms with van der Waals surface area (Å²) < 4.78 is 0. The second kappa shape index (κ2) is 6.61. The zero-order valence-electron chi connectivity index (χ0n) is 12.8. The lowest BCUT2D eigenvalue weighted by atomic mass is 10.1. The predicted molar refractivity (Wildman–Crippen MR) is 83.6 cm³/mol. The van der Waals surface area contributed by atoms with Crippen molar-refractivity contribution in [3.63, 3.8) is 0 Å². The van der Waals surface area contributed by atoms with E-state index in [-0.39, 0.29) is 18.0 Å². The summed E-state index contributed by atoms with van der Waals surface area (Å²) in [4.78, 5) is 23.8. The molecule has 0 spiro atoms. The Labute approximate surface area is 125 Å². The lowest BCUT2D eigenvalue weighted by Crippen LogP contribution is -2.32. The van der Waals surface area contributed by atoms with E-state index in [0.717, 1.165) is 30.5 Å². The van der Waals surface area contributed by atoms with Crippen LogP contribution in [0.25, 0.3) is 0 Å². The highest BCUT2D eigenvalue weighted by Crippen LogP contribution is 2.20. The van der Waals surface area contributed by atoms with Crippen LogP contribution in [0.1, 0.15) is 49.0 Å². The van der Waals surface area contributed by atoms with E-state index >= 15 is 0 Å². The highest BCUT2D eigenvalue weighted by Gasteiger charge is 2.23. The van der Waals surface area contributed by atoms with E-state index in [1.807, 2.05) is 20.8 Å². The minimum Gasteiger partial charge on any atom is -0.350 e. The summed E-state index contributed by atoms with van der Waals surface area (Å²) in [6.45, 7) is 5.89. The van der Waals surface area contributed by atoms with E-state index in [1.54, 1.807) is 18.2 Å². The van der Waals surface area contributed by atoms with Crippen LogP contribution in [0, 0.1) is 6.92 Å². The van der Waals surface area contributed by atoms with E-state index in [2.05, 4.69) is 16.0 Å². The molecule has 1 aromatic carbocycles. The topological polar surface area (TPSA) is 70.2 Å². The third-order valence-electron chi connectivity index (χ3n) is 3.64. The average Bonchev–Trinajstić information content (AvgIpc) is 3.24. The van der Waals surface area contributed by atoms with Gasteiger partial charge in [0.05, 0.1) is 0 Å². The molecular weight excluding hydrogens is 266 g/mol. The molecule has 0 unspecified atom stereocenters. The van der Waals surface area contributed by atoms with Gasteiger partial charge in [0, 0.05) is 23.3 Å². The summed E-state index contributed by atoms with van der Waals surface area (Å²) in [6.07, 6.45) is 3.01. The van der Waals surface area contributed by atoms with E-state index in [4.69, 9.17) is 0 Å². The summed E-state index contributed by atoms with van der Waals surface area (Å²) in [5.41, 5.74) is 2.21. The first-order valence-corrected chi connectivity index (χ1v) is 7.48. The second-order valence-electron chi connectivity index (χ2n) is 5.69. The van der Waals surface area contributed by atoms with Crippen molar-refractivity contribution in [3.05, 3.63) is 29.3 Å². The monoisotopic (exact) mass is 289 g/mol.